The number of aromatic nitrogens is 4. The molecule has 53 heavy (non-hydrogen) atoms. The molecular formula is C49H32N4. The van der Waals surface area contributed by atoms with E-state index in [0.717, 1.165) is 78.0 Å². The fourth-order valence-corrected chi connectivity index (χ4v) is 7.44. The van der Waals surface area contributed by atoms with Gasteiger partial charge in [-0.05, 0) is 87.1 Å². The van der Waals surface area contributed by atoms with E-state index in [4.69, 9.17) is 10.1 Å². The summed E-state index contributed by atoms with van der Waals surface area (Å²) < 4.78 is 2.12. The maximum atomic E-state index is 5.33. The van der Waals surface area contributed by atoms with Gasteiger partial charge in [0.1, 0.15) is 5.69 Å². The molecule has 0 radical (unpaired) electrons. The van der Waals surface area contributed by atoms with E-state index in [1.165, 1.54) is 16.3 Å². The first-order valence-corrected chi connectivity index (χ1v) is 17.9. The van der Waals surface area contributed by atoms with E-state index >= 15 is 0 Å². The third-order valence-corrected chi connectivity index (χ3v) is 10.1. The molecule has 10 rings (SSSR count). The molecule has 10 aromatic rings. The summed E-state index contributed by atoms with van der Waals surface area (Å²) >= 11 is 0. The number of pyridine rings is 2. The monoisotopic (exact) mass is 676 g/mol. The molecule has 0 atom stereocenters. The van der Waals surface area contributed by atoms with Crippen molar-refractivity contribution in [2.45, 2.75) is 0 Å². The van der Waals surface area contributed by atoms with Gasteiger partial charge in [0.25, 0.3) is 0 Å². The van der Waals surface area contributed by atoms with Crippen LogP contribution in [-0.4, -0.2) is 19.7 Å². The molecule has 0 unspecified atom stereocenters. The van der Waals surface area contributed by atoms with Crippen molar-refractivity contribution in [2.24, 2.45) is 0 Å². The van der Waals surface area contributed by atoms with E-state index in [2.05, 4.69) is 167 Å². The van der Waals surface area contributed by atoms with Crippen LogP contribution in [0.1, 0.15) is 0 Å². The molecule has 0 amide bonds. The van der Waals surface area contributed by atoms with E-state index in [-0.39, 0.29) is 0 Å². The topological polar surface area (TPSA) is 43.6 Å². The second-order valence-electron chi connectivity index (χ2n) is 13.3. The van der Waals surface area contributed by atoms with Gasteiger partial charge in [-0.2, -0.15) is 5.10 Å². The molecule has 0 aliphatic heterocycles. The van der Waals surface area contributed by atoms with Crippen LogP contribution in [0.2, 0.25) is 0 Å². The highest BCUT2D eigenvalue weighted by atomic mass is 15.3. The molecule has 3 heterocycles. The van der Waals surface area contributed by atoms with Gasteiger partial charge in [-0.25, -0.2) is 9.67 Å². The van der Waals surface area contributed by atoms with Gasteiger partial charge < -0.3 is 0 Å². The molecular weight excluding hydrogens is 645 g/mol. The van der Waals surface area contributed by atoms with Crippen LogP contribution in [0.15, 0.2) is 194 Å². The van der Waals surface area contributed by atoms with Crippen molar-refractivity contribution in [3.05, 3.63) is 194 Å². The molecule has 0 bridgehead atoms. The van der Waals surface area contributed by atoms with Gasteiger partial charge in [0.2, 0.25) is 0 Å². The van der Waals surface area contributed by atoms with Crippen LogP contribution in [0.4, 0.5) is 0 Å². The van der Waals surface area contributed by atoms with E-state index < -0.39 is 0 Å². The van der Waals surface area contributed by atoms with E-state index in [1.807, 2.05) is 30.3 Å². The van der Waals surface area contributed by atoms with E-state index in [0.29, 0.717) is 0 Å². The minimum absolute atomic E-state index is 0.873. The Labute approximate surface area is 307 Å². The summed E-state index contributed by atoms with van der Waals surface area (Å²) in [5.74, 6) is 0. The number of rotatable bonds is 6. The largest absolute Gasteiger partial charge is 0.255 e. The Bertz CT molecular complexity index is 2900. The Hall–Kier alpha value is -7.17. The fourth-order valence-electron chi connectivity index (χ4n) is 7.44. The lowest BCUT2D eigenvalue weighted by atomic mass is 9.92. The van der Waals surface area contributed by atoms with Crippen LogP contribution < -0.4 is 0 Å². The molecule has 7 aromatic carbocycles. The second-order valence-corrected chi connectivity index (χ2v) is 13.3. The third-order valence-electron chi connectivity index (χ3n) is 10.1. The Kier molecular flexibility index (Phi) is 7.43. The van der Waals surface area contributed by atoms with Gasteiger partial charge in [0.05, 0.1) is 28.1 Å². The van der Waals surface area contributed by atoms with Crippen LogP contribution in [0.5, 0.6) is 0 Å². The van der Waals surface area contributed by atoms with Gasteiger partial charge in [0, 0.05) is 28.1 Å². The summed E-state index contributed by atoms with van der Waals surface area (Å²) in [7, 11) is 0. The molecule has 0 fully saturated rings. The summed E-state index contributed by atoms with van der Waals surface area (Å²) in [4.78, 5) is 9.45. The summed E-state index contributed by atoms with van der Waals surface area (Å²) in [6.45, 7) is 0. The molecule has 0 aliphatic rings. The standard InChI is InChI=1S/C49H32N4/c1-4-12-35(13-5-1)43-31-40-30-38(25-27-42(40)47-48(37-14-6-2-7-15-37)52-53(49(43)47)41-16-8-3-9-17-41)33-19-21-34(22-20-33)39-24-23-36-26-28-45(51-46(36)32-39)44-18-10-11-29-50-44/h1-32H. The summed E-state index contributed by atoms with van der Waals surface area (Å²) in [6.07, 6.45) is 1.80. The SMILES string of the molecule is c1ccc(-c2nn(-c3ccccc3)c3c(-c4ccccc4)cc4cc(-c5ccc(-c6ccc7ccc(-c8ccccn8)nc7c6)cc5)ccc4c23)cc1. The Morgan fingerprint density at radius 1 is 0.415 bits per heavy atom. The predicted octanol–water partition coefficient (Wildman–Crippen LogP) is 12.5. The Balaban J connectivity index is 1.10. The number of fused-ring (bicyclic) bond motifs is 4. The maximum Gasteiger partial charge on any atom is 0.101 e. The highest BCUT2D eigenvalue weighted by molar-refractivity contribution is 6.18. The van der Waals surface area contributed by atoms with E-state index in [1.54, 1.807) is 6.20 Å². The Morgan fingerprint density at radius 2 is 1.04 bits per heavy atom. The van der Waals surface area contributed by atoms with E-state index in [9.17, 15) is 0 Å². The quantitative estimate of drug-likeness (QED) is 0.176. The van der Waals surface area contributed by atoms with Crippen molar-refractivity contribution in [2.75, 3.05) is 0 Å². The number of hydrogen-bond donors (Lipinski definition) is 0. The van der Waals surface area contributed by atoms with Crippen molar-refractivity contribution in [1.29, 1.82) is 0 Å². The van der Waals surface area contributed by atoms with Crippen molar-refractivity contribution in [3.63, 3.8) is 0 Å². The second kappa shape index (κ2) is 12.9. The number of benzene rings is 7. The van der Waals surface area contributed by atoms with Crippen molar-refractivity contribution >= 4 is 32.6 Å². The molecule has 4 heteroatoms. The molecule has 248 valence electrons. The molecule has 0 N–H and O–H groups in total. The lowest BCUT2D eigenvalue weighted by molar-refractivity contribution is 0.916. The van der Waals surface area contributed by atoms with Crippen LogP contribution in [0, 0.1) is 0 Å². The Morgan fingerprint density at radius 3 is 1.75 bits per heavy atom. The maximum absolute atomic E-state index is 5.33. The molecule has 0 spiro atoms. The predicted molar refractivity (Wildman–Crippen MR) is 219 cm³/mol. The van der Waals surface area contributed by atoms with Crippen molar-refractivity contribution in [3.8, 4) is 61.7 Å². The minimum Gasteiger partial charge on any atom is -0.255 e. The van der Waals surface area contributed by atoms with Crippen LogP contribution in [0.3, 0.4) is 0 Å². The molecule has 0 aliphatic carbocycles. The van der Waals surface area contributed by atoms with Gasteiger partial charge >= 0.3 is 0 Å². The zero-order valence-corrected chi connectivity index (χ0v) is 28.8. The van der Waals surface area contributed by atoms with Gasteiger partial charge in [-0.1, -0.05) is 140 Å². The molecule has 0 saturated carbocycles. The smallest absolute Gasteiger partial charge is 0.101 e. The third kappa shape index (κ3) is 5.54. The molecule has 0 saturated heterocycles. The van der Waals surface area contributed by atoms with Gasteiger partial charge in [-0.15, -0.1) is 0 Å². The molecule has 4 nitrogen and oxygen atoms in total. The average molecular weight is 677 g/mol. The highest BCUT2D eigenvalue weighted by Crippen LogP contribution is 2.42. The zero-order valence-electron chi connectivity index (χ0n) is 28.8. The zero-order chi connectivity index (χ0) is 35.1. The first-order chi connectivity index (χ1) is 26.3. The van der Waals surface area contributed by atoms with Crippen molar-refractivity contribution < 1.29 is 0 Å². The number of nitrogens with zero attached hydrogens (tertiary/aromatic N) is 4. The summed E-state index contributed by atoms with van der Waals surface area (Å²) in [5.41, 5.74) is 13.8. The van der Waals surface area contributed by atoms with Crippen LogP contribution >= 0.6 is 0 Å². The molecule has 3 aromatic heterocycles. The lowest BCUT2D eigenvalue weighted by Crippen LogP contribution is -1.97. The van der Waals surface area contributed by atoms with Gasteiger partial charge in [0.15, 0.2) is 0 Å². The average Bonchev–Trinajstić information content (AvgIpc) is 3.65. The van der Waals surface area contributed by atoms with Gasteiger partial charge in [-0.3, -0.25) is 4.98 Å². The summed E-state index contributed by atoms with van der Waals surface area (Å²) in [6, 6.07) is 66.2. The number of hydrogen-bond acceptors (Lipinski definition) is 3. The van der Waals surface area contributed by atoms with Crippen LogP contribution in [0.25, 0.3) is 94.3 Å². The normalized spacial score (nSPS) is 11.4. The summed E-state index contributed by atoms with van der Waals surface area (Å²) in [5, 5.41) is 9.94. The minimum atomic E-state index is 0.873. The first kappa shape index (κ1) is 30.6. The van der Waals surface area contributed by atoms with Crippen LogP contribution in [-0.2, 0) is 0 Å². The van der Waals surface area contributed by atoms with Crippen molar-refractivity contribution in [1.82, 2.24) is 19.7 Å². The lowest BCUT2D eigenvalue weighted by Gasteiger charge is -2.13. The first-order valence-electron chi connectivity index (χ1n) is 17.9. The highest BCUT2D eigenvalue weighted by Gasteiger charge is 2.21. The number of para-hydroxylation sites is 1. The fraction of sp³-hybridized carbons (Fsp3) is 0.